The van der Waals surface area contributed by atoms with Crippen molar-refractivity contribution in [3.63, 3.8) is 0 Å². The summed E-state index contributed by atoms with van der Waals surface area (Å²) >= 11 is 0. The van der Waals surface area contributed by atoms with E-state index in [1.165, 1.54) is 41.7 Å². The zero-order valence-electron chi connectivity index (χ0n) is 32.0. The fraction of sp³-hybridized carbons (Fsp3) is 0.512. The molecule has 4 aromatic rings. The molecule has 0 bridgehead atoms. The van der Waals surface area contributed by atoms with E-state index in [-0.39, 0.29) is 29.4 Å². The number of carbonyl (C=O) groups is 1. The van der Waals surface area contributed by atoms with Gasteiger partial charge in [-0.2, -0.15) is 0 Å². The number of aromatic amines is 1. The first-order chi connectivity index (χ1) is 26.8. The number of morpholine rings is 1. The highest BCUT2D eigenvalue weighted by Crippen LogP contribution is 2.42. The molecular weight excluding hydrogens is 697 g/mol. The van der Waals surface area contributed by atoms with E-state index in [1.54, 1.807) is 24.1 Å². The van der Waals surface area contributed by atoms with Gasteiger partial charge in [-0.3, -0.25) is 9.59 Å². The summed E-state index contributed by atoms with van der Waals surface area (Å²) in [7, 11) is 1.77. The molecule has 3 aliphatic rings. The number of H-pyrrole nitrogens is 1. The first kappa shape index (κ1) is 38.9. The van der Waals surface area contributed by atoms with E-state index < -0.39 is 6.10 Å². The second-order valence-corrected chi connectivity index (χ2v) is 15.5. The van der Waals surface area contributed by atoms with Crippen LogP contribution in [0.15, 0.2) is 71.7 Å². The molecule has 3 fully saturated rings. The van der Waals surface area contributed by atoms with Crippen LogP contribution in [-0.2, 0) is 27.1 Å². The van der Waals surface area contributed by atoms with Crippen LogP contribution in [0.2, 0.25) is 0 Å². The van der Waals surface area contributed by atoms with E-state index in [0.29, 0.717) is 55.1 Å². The molecule has 2 aromatic carbocycles. The summed E-state index contributed by atoms with van der Waals surface area (Å²) < 4.78 is 12.3. The maximum Gasteiger partial charge on any atom is 0.248 e. The van der Waals surface area contributed by atoms with Gasteiger partial charge in [0.15, 0.2) is 0 Å². The predicted molar refractivity (Wildman–Crippen MR) is 214 cm³/mol. The number of amides is 1. The molecule has 1 atom stereocenters. The van der Waals surface area contributed by atoms with Crippen molar-refractivity contribution < 1.29 is 24.5 Å². The normalized spacial score (nSPS) is 17.8. The molecule has 2 saturated heterocycles. The third-order valence-electron chi connectivity index (χ3n) is 11.6. The minimum absolute atomic E-state index is 0.0119. The number of ether oxygens (including phenoxy) is 2. The number of aliphatic hydroxyl groups excluding tert-OH is 1. The number of fused-ring (bicyclic) bond motifs is 1. The predicted octanol–water partition coefficient (Wildman–Crippen LogP) is 4.15. The van der Waals surface area contributed by atoms with Crippen LogP contribution >= 0.6 is 0 Å². The second-order valence-electron chi connectivity index (χ2n) is 15.5. The van der Waals surface area contributed by atoms with Gasteiger partial charge in [-0.05, 0) is 91.0 Å². The molecule has 4 N–H and O–H groups in total. The van der Waals surface area contributed by atoms with E-state index in [9.17, 15) is 19.8 Å². The van der Waals surface area contributed by atoms with Crippen LogP contribution in [-0.4, -0.2) is 121 Å². The van der Waals surface area contributed by atoms with Crippen molar-refractivity contribution in [1.82, 2.24) is 25.1 Å². The Morgan fingerprint density at radius 3 is 2.75 bits per heavy atom. The van der Waals surface area contributed by atoms with Crippen molar-refractivity contribution in [2.45, 2.75) is 62.6 Å². The molecule has 12 heteroatoms. The Kier molecular flexibility index (Phi) is 12.8. The molecule has 7 rings (SSSR count). The minimum atomic E-state index is -0.851. The molecule has 12 nitrogen and oxygen atoms in total. The molecule has 0 unspecified atom stereocenters. The summed E-state index contributed by atoms with van der Waals surface area (Å²) in [5.74, 6) is 1.70. The number of anilines is 1. The number of nitrogens with zero attached hydrogens (tertiary/aromatic N) is 4. The molecule has 55 heavy (non-hydrogen) atoms. The Morgan fingerprint density at radius 1 is 1.09 bits per heavy atom. The Balaban J connectivity index is 0.784. The topological polar surface area (TPSA) is 143 Å². The number of piperidine rings is 1. The number of phenols is 1. The van der Waals surface area contributed by atoms with Crippen LogP contribution in [0.1, 0.15) is 66.4 Å². The fourth-order valence-corrected chi connectivity index (χ4v) is 8.06. The number of aliphatic hydroxyl groups is 1. The number of hydrogen-bond donors (Lipinski definition) is 4. The Labute approximate surface area is 323 Å². The largest absolute Gasteiger partial charge is 0.506 e. The Morgan fingerprint density at radius 2 is 1.95 bits per heavy atom. The van der Waals surface area contributed by atoms with Crippen LogP contribution in [0, 0.1) is 0 Å². The zero-order chi connectivity index (χ0) is 38.2. The number of benzene rings is 2. The maximum absolute atomic E-state index is 12.7. The number of hydrogen-bond acceptors (Lipinski definition) is 10. The zero-order valence-corrected chi connectivity index (χ0v) is 32.0. The summed E-state index contributed by atoms with van der Waals surface area (Å²) in [6, 6.07) is 19.2. The van der Waals surface area contributed by atoms with E-state index in [4.69, 9.17) is 9.47 Å². The van der Waals surface area contributed by atoms with Crippen LogP contribution in [0.25, 0.3) is 10.9 Å². The molecule has 1 saturated carbocycles. The summed E-state index contributed by atoms with van der Waals surface area (Å²) in [6.07, 6.45) is 7.89. The first-order valence-electron chi connectivity index (χ1n) is 20.0. The number of likely N-dealkylation sites (tertiary alicyclic amines) is 1. The smallest absolute Gasteiger partial charge is 0.248 e. The Hall–Kier alpha value is -4.33. The molecule has 1 aliphatic carbocycles. The van der Waals surface area contributed by atoms with Crippen molar-refractivity contribution in [2.75, 3.05) is 84.1 Å². The van der Waals surface area contributed by atoms with Crippen LogP contribution in [0.4, 0.5) is 5.82 Å². The third kappa shape index (κ3) is 10.1. The Bertz CT molecular complexity index is 1940. The highest BCUT2D eigenvalue weighted by molar-refractivity contribution is 5.87. The number of aromatic nitrogens is 2. The summed E-state index contributed by atoms with van der Waals surface area (Å²) in [4.78, 5) is 38.3. The van der Waals surface area contributed by atoms with Gasteiger partial charge in [0.1, 0.15) is 11.6 Å². The van der Waals surface area contributed by atoms with Crippen molar-refractivity contribution in [1.29, 1.82) is 0 Å². The van der Waals surface area contributed by atoms with Gasteiger partial charge >= 0.3 is 0 Å². The fourth-order valence-electron chi connectivity index (χ4n) is 8.06. The number of phenolic OH excluding ortho intramolecular Hbond substituents is 1. The lowest BCUT2D eigenvalue weighted by atomic mass is 9.89. The maximum atomic E-state index is 12.7. The van der Waals surface area contributed by atoms with Gasteiger partial charge in [-0.15, -0.1) is 0 Å². The van der Waals surface area contributed by atoms with Gasteiger partial charge in [-0.25, -0.2) is 4.98 Å². The lowest BCUT2D eigenvalue weighted by Crippen LogP contribution is -2.57. The number of aromatic hydroxyl groups is 1. The monoisotopic (exact) mass is 752 g/mol. The molecule has 1 spiro atoms. The van der Waals surface area contributed by atoms with E-state index in [1.807, 2.05) is 12.3 Å². The van der Waals surface area contributed by atoms with Gasteiger partial charge < -0.3 is 44.7 Å². The molecular formula is C43H56N6O6. The van der Waals surface area contributed by atoms with Gasteiger partial charge in [0.2, 0.25) is 11.5 Å². The van der Waals surface area contributed by atoms with Gasteiger partial charge in [0, 0.05) is 77.1 Å². The lowest BCUT2D eigenvalue weighted by molar-refractivity contribution is -0.131. The van der Waals surface area contributed by atoms with Crippen LogP contribution < -0.4 is 15.8 Å². The molecule has 4 heterocycles. The molecule has 2 aromatic heterocycles. The first-order valence-corrected chi connectivity index (χ1v) is 20.0. The van der Waals surface area contributed by atoms with Crippen LogP contribution in [0.5, 0.6) is 5.75 Å². The molecule has 0 radical (unpaired) electrons. The average molecular weight is 753 g/mol. The average Bonchev–Trinajstić information content (AvgIpc) is 4.06. The minimum Gasteiger partial charge on any atom is -0.506 e. The SMILES string of the molecule is CN(CCNC[C@H](O)c1ccc(O)c2[nH]c(=O)ccc12)C(=O)CCOCCc1ccc(CCN2CCC3(CC2)CN(c2ccccn2)CCO3)c(C2CC2)c1. The number of likely N-dealkylation sites (N-methyl/N-ethyl adjacent to an activating group) is 1. The van der Waals surface area contributed by atoms with Crippen LogP contribution in [0.3, 0.4) is 0 Å². The van der Waals surface area contributed by atoms with Crippen molar-refractivity contribution in [2.24, 2.45) is 0 Å². The van der Waals surface area contributed by atoms with E-state index >= 15 is 0 Å². The van der Waals surface area contributed by atoms with Crippen molar-refractivity contribution >= 4 is 22.6 Å². The van der Waals surface area contributed by atoms with Crippen molar-refractivity contribution in [3.8, 4) is 5.75 Å². The quantitative estimate of drug-likeness (QED) is 0.116. The molecule has 294 valence electrons. The highest BCUT2D eigenvalue weighted by atomic mass is 16.5. The number of pyridine rings is 2. The summed E-state index contributed by atoms with van der Waals surface area (Å²) in [5, 5.41) is 24.6. The van der Waals surface area contributed by atoms with Gasteiger partial charge in [-0.1, -0.05) is 30.3 Å². The summed E-state index contributed by atoms with van der Waals surface area (Å²) in [6.45, 7) is 7.99. The van der Waals surface area contributed by atoms with E-state index in [2.05, 4.69) is 55.4 Å². The molecule has 2 aliphatic heterocycles. The number of rotatable bonds is 17. The van der Waals surface area contributed by atoms with E-state index in [0.717, 1.165) is 70.8 Å². The second kappa shape index (κ2) is 18.1. The third-order valence-corrected chi connectivity index (χ3v) is 11.6. The molecule has 1 amide bonds. The number of nitrogens with one attached hydrogen (secondary N) is 2. The van der Waals surface area contributed by atoms with Gasteiger partial charge in [0.25, 0.3) is 0 Å². The lowest BCUT2D eigenvalue weighted by Gasteiger charge is -2.47. The highest BCUT2D eigenvalue weighted by Gasteiger charge is 2.40. The standard InChI is InChI=1S/C43H56N6O6/c1-47(23-19-44-29-38(51)34-9-11-37(50)42-35(34)10-12-40(52)46-42)41(53)15-26-54-25-14-31-5-6-33(36(28-31)32-7-8-32)13-20-48-21-16-43(17-22-48)30-49(24-27-55-43)39-4-2-3-18-45-39/h2-6,9-12,18,28,32,38,44,50-51H,7-8,13-17,19-27,29-30H2,1H3,(H,46,52)/t38-/m0/s1. The van der Waals surface area contributed by atoms with Gasteiger partial charge in [0.05, 0.1) is 43.5 Å². The van der Waals surface area contributed by atoms with Crippen molar-refractivity contribution in [3.05, 3.63) is 99.5 Å². The summed E-state index contributed by atoms with van der Waals surface area (Å²) in [5.41, 5.74) is 4.80. The number of carbonyl (C=O) groups excluding carboxylic acids is 1.